The van der Waals surface area contributed by atoms with Crippen LogP contribution in [0.15, 0.2) is 24.3 Å². The first kappa shape index (κ1) is 21.7. The summed E-state index contributed by atoms with van der Waals surface area (Å²) in [4.78, 5) is 15.1. The first-order valence-electron chi connectivity index (χ1n) is 10.3. The summed E-state index contributed by atoms with van der Waals surface area (Å²) >= 11 is 0. The highest BCUT2D eigenvalue weighted by atomic mass is 35.5. The number of benzene rings is 1. The van der Waals surface area contributed by atoms with Gasteiger partial charge in [-0.05, 0) is 36.0 Å². The molecule has 1 aromatic carbocycles. The SMILES string of the molecule is CC(C)(C)c1ccc(N2CCC(NC(=O)c3n[nH]c4c3CNCC4)CC2)cc1.Cl. The maximum absolute atomic E-state index is 12.7. The summed E-state index contributed by atoms with van der Waals surface area (Å²) < 4.78 is 0. The molecule has 0 spiro atoms. The van der Waals surface area contributed by atoms with Crippen molar-refractivity contribution >= 4 is 24.0 Å². The smallest absolute Gasteiger partial charge is 0.272 e. The van der Waals surface area contributed by atoms with Crippen LogP contribution >= 0.6 is 12.4 Å². The lowest BCUT2D eigenvalue weighted by molar-refractivity contribution is 0.0925. The Morgan fingerprint density at radius 1 is 1.17 bits per heavy atom. The number of anilines is 1. The number of nitrogens with zero attached hydrogens (tertiary/aromatic N) is 2. The Balaban J connectivity index is 0.00000240. The molecule has 29 heavy (non-hydrogen) atoms. The summed E-state index contributed by atoms with van der Waals surface area (Å²) in [5.74, 6) is -0.0471. The third-order valence-corrected chi connectivity index (χ3v) is 5.95. The lowest BCUT2D eigenvalue weighted by Crippen LogP contribution is -2.45. The molecule has 0 aliphatic carbocycles. The summed E-state index contributed by atoms with van der Waals surface area (Å²) in [6, 6.07) is 9.13. The van der Waals surface area contributed by atoms with Gasteiger partial charge in [-0.1, -0.05) is 32.9 Å². The number of fused-ring (bicyclic) bond motifs is 1. The molecule has 1 amide bonds. The number of hydrogen-bond acceptors (Lipinski definition) is 4. The van der Waals surface area contributed by atoms with Crippen LogP contribution in [0.4, 0.5) is 5.69 Å². The number of aromatic amines is 1. The first-order chi connectivity index (χ1) is 13.4. The number of nitrogens with one attached hydrogen (secondary N) is 3. The van der Waals surface area contributed by atoms with Crippen molar-refractivity contribution in [1.29, 1.82) is 0 Å². The molecule has 1 fully saturated rings. The Morgan fingerprint density at radius 3 is 2.52 bits per heavy atom. The van der Waals surface area contributed by atoms with Gasteiger partial charge >= 0.3 is 0 Å². The molecular weight excluding hydrogens is 386 g/mol. The molecule has 2 aliphatic rings. The summed E-state index contributed by atoms with van der Waals surface area (Å²) in [5, 5.41) is 13.8. The third-order valence-electron chi connectivity index (χ3n) is 5.95. The monoisotopic (exact) mass is 417 g/mol. The van der Waals surface area contributed by atoms with Gasteiger partial charge in [0, 0.05) is 55.6 Å². The largest absolute Gasteiger partial charge is 0.371 e. The van der Waals surface area contributed by atoms with Crippen LogP contribution in [-0.4, -0.2) is 41.8 Å². The van der Waals surface area contributed by atoms with Gasteiger partial charge in [-0.25, -0.2) is 0 Å². The Hall–Kier alpha value is -2.05. The normalized spacial score (nSPS) is 17.4. The van der Waals surface area contributed by atoms with Crippen LogP contribution in [0.25, 0.3) is 0 Å². The number of piperidine rings is 1. The number of amides is 1. The average molecular weight is 418 g/mol. The van der Waals surface area contributed by atoms with Gasteiger partial charge in [-0.15, -0.1) is 12.4 Å². The van der Waals surface area contributed by atoms with Gasteiger partial charge in [0.05, 0.1) is 0 Å². The molecule has 0 bridgehead atoms. The van der Waals surface area contributed by atoms with Gasteiger partial charge in [-0.2, -0.15) is 5.10 Å². The molecule has 3 heterocycles. The molecule has 0 saturated carbocycles. The zero-order valence-electron chi connectivity index (χ0n) is 17.5. The molecule has 7 heteroatoms. The van der Waals surface area contributed by atoms with Crippen molar-refractivity contribution < 1.29 is 4.79 Å². The van der Waals surface area contributed by atoms with Crippen molar-refractivity contribution in [3.8, 4) is 0 Å². The highest BCUT2D eigenvalue weighted by molar-refractivity contribution is 5.94. The van der Waals surface area contributed by atoms with Crippen molar-refractivity contribution in [2.75, 3.05) is 24.5 Å². The average Bonchev–Trinajstić information content (AvgIpc) is 3.12. The van der Waals surface area contributed by atoms with E-state index >= 15 is 0 Å². The maximum Gasteiger partial charge on any atom is 0.272 e. The van der Waals surface area contributed by atoms with Crippen LogP contribution in [0, 0.1) is 0 Å². The molecule has 1 saturated heterocycles. The Kier molecular flexibility index (Phi) is 6.54. The van der Waals surface area contributed by atoms with Crippen molar-refractivity contribution in [2.24, 2.45) is 0 Å². The number of halogens is 1. The topological polar surface area (TPSA) is 73.0 Å². The zero-order valence-corrected chi connectivity index (χ0v) is 18.4. The third kappa shape index (κ3) is 4.75. The predicted molar refractivity (Wildman–Crippen MR) is 119 cm³/mol. The van der Waals surface area contributed by atoms with Crippen LogP contribution in [0.3, 0.4) is 0 Å². The second kappa shape index (κ2) is 8.76. The number of aromatic nitrogens is 2. The van der Waals surface area contributed by atoms with Crippen molar-refractivity contribution in [3.05, 3.63) is 46.8 Å². The minimum absolute atomic E-state index is 0. The standard InChI is InChI=1S/C22H31N5O.ClH/c1-22(2,3)15-4-6-17(7-5-15)27-12-9-16(10-13-27)24-21(28)20-18-14-23-11-8-19(18)25-26-20;/h4-7,16,23H,8-14H2,1-3H3,(H,24,28)(H,25,26);1H. The molecule has 2 aliphatic heterocycles. The first-order valence-corrected chi connectivity index (χ1v) is 10.3. The van der Waals surface area contributed by atoms with E-state index in [0.717, 1.165) is 56.7 Å². The quantitative estimate of drug-likeness (QED) is 0.717. The fourth-order valence-electron chi connectivity index (χ4n) is 4.12. The van der Waals surface area contributed by atoms with E-state index in [-0.39, 0.29) is 29.8 Å². The van der Waals surface area contributed by atoms with Gasteiger partial charge in [0.15, 0.2) is 5.69 Å². The number of carbonyl (C=O) groups excluding carboxylic acids is 1. The van der Waals surface area contributed by atoms with Crippen LogP contribution in [0.1, 0.15) is 60.9 Å². The van der Waals surface area contributed by atoms with Crippen LogP contribution in [0.5, 0.6) is 0 Å². The Morgan fingerprint density at radius 2 is 1.86 bits per heavy atom. The van der Waals surface area contributed by atoms with Crippen molar-refractivity contribution in [1.82, 2.24) is 20.8 Å². The molecular formula is C22H32ClN5O. The summed E-state index contributed by atoms with van der Waals surface area (Å²) in [7, 11) is 0. The Labute approximate surface area is 179 Å². The lowest BCUT2D eigenvalue weighted by atomic mass is 9.87. The van der Waals surface area contributed by atoms with E-state index < -0.39 is 0 Å². The summed E-state index contributed by atoms with van der Waals surface area (Å²) in [6.45, 7) is 10.3. The van der Waals surface area contributed by atoms with E-state index in [0.29, 0.717) is 5.69 Å². The molecule has 158 valence electrons. The number of carbonyl (C=O) groups is 1. The molecule has 4 rings (SSSR count). The molecule has 1 aromatic heterocycles. The lowest BCUT2D eigenvalue weighted by Gasteiger charge is -2.34. The highest BCUT2D eigenvalue weighted by Crippen LogP contribution is 2.26. The second-order valence-electron chi connectivity index (χ2n) is 8.99. The fourth-order valence-corrected chi connectivity index (χ4v) is 4.12. The molecule has 6 nitrogen and oxygen atoms in total. The van der Waals surface area contributed by atoms with Crippen molar-refractivity contribution in [3.63, 3.8) is 0 Å². The summed E-state index contributed by atoms with van der Waals surface area (Å²) in [6.07, 6.45) is 2.82. The van der Waals surface area contributed by atoms with E-state index in [1.807, 2.05) is 0 Å². The second-order valence-corrected chi connectivity index (χ2v) is 8.99. The maximum atomic E-state index is 12.7. The van der Waals surface area contributed by atoms with Gasteiger partial charge in [0.2, 0.25) is 0 Å². The molecule has 3 N–H and O–H groups in total. The zero-order chi connectivity index (χ0) is 19.7. The van der Waals surface area contributed by atoms with Crippen LogP contribution in [-0.2, 0) is 18.4 Å². The van der Waals surface area contributed by atoms with E-state index in [2.05, 4.69) is 70.8 Å². The number of rotatable bonds is 3. The molecule has 0 radical (unpaired) electrons. The van der Waals surface area contributed by atoms with E-state index in [4.69, 9.17) is 0 Å². The van der Waals surface area contributed by atoms with Gasteiger partial charge in [0.25, 0.3) is 5.91 Å². The van der Waals surface area contributed by atoms with E-state index in [9.17, 15) is 4.79 Å². The molecule has 2 aromatic rings. The number of hydrogen-bond donors (Lipinski definition) is 3. The van der Waals surface area contributed by atoms with E-state index in [1.54, 1.807) is 0 Å². The highest BCUT2D eigenvalue weighted by Gasteiger charge is 2.26. The van der Waals surface area contributed by atoms with Gasteiger partial charge in [-0.3, -0.25) is 9.89 Å². The van der Waals surface area contributed by atoms with Gasteiger partial charge < -0.3 is 15.5 Å². The molecule has 0 atom stereocenters. The minimum atomic E-state index is -0.0471. The molecule has 0 unspecified atom stereocenters. The van der Waals surface area contributed by atoms with E-state index in [1.165, 1.54) is 11.3 Å². The van der Waals surface area contributed by atoms with Crippen LogP contribution in [0.2, 0.25) is 0 Å². The summed E-state index contributed by atoms with van der Waals surface area (Å²) in [5.41, 5.74) is 5.48. The number of H-pyrrole nitrogens is 1. The Bertz CT molecular complexity index is 832. The fraction of sp³-hybridized carbons (Fsp3) is 0.545. The minimum Gasteiger partial charge on any atom is -0.371 e. The predicted octanol–water partition coefficient (Wildman–Crippen LogP) is 3.17. The van der Waals surface area contributed by atoms with Crippen LogP contribution < -0.4 is 15.5 Å². The van der Waals surface area contributed by atoms with Crippen molar-refractivity contribution in [2.45, 2.75) is 58.0 Å². The van der Waals surface area contributed by atoms with Gasteiger partial charge in [0.1, 0.15) is 0 Å².